The molecule has 0 aliphatic carbocycles. The topological polar surface area (TPSA) is 62.7 Å². The van der Waals surface area contributed by atoms with Gasteiger partial charge in [0.05, 0.1) is 0 Å². The fourth-order valence-corrected chi connectivity index (χ4v) is 2.17. The summed E-state index contributed by atoms with van der Waals surface area (Å²) in [6, 6.07) is 14.2. The Morgan fingerprint density at radius 2 is 1.65 bits per heavy atom. The second-order valence-corrected chi connectivity index (χ2v) is 5.28. The lowest BCUT2D eigenvalue weighted by Crippen LogP contribution is -2.08. The third-order valence-corrected chi connectivity index (χ3v) is 3.45. The molecule has 0 saturated carbocycles. The predicted octanol–water partition coefficient (Wildman–Crippen LogP) is 3.40. The van der Waals surface area contributed by atoms with Crippen LogP contribution < -0.4 is 10.6 Å². The molecule has 5 nitrogen and oxygen atoms in total. The van der Waals surface area contributed by atoms with E-state index in [1.807, 2.05) is 49.6 Å². The molecular weight excluding hydrogens is 286 g/mol. The third kappa shape index (κ3) is 4.26. The summed E-state index contributed by atoms with van der Waals surface area (Å²) in [6.45, 7) is 3.38. The molecule has 3 aromatic rings. The van der Waals surface area contributed by atoms with Crippen molar-refractivity contribution in [1.29, 1.82) is 0 Å². The van der Waals surface area contributed by atoms with Gasteiger partial charge in [0.2, 0.25) is 5.95 Å². The zero-order chi connectivity index (χ0) is 15.9. The maximum atomic E-state index is 4.55. The number of nitrogens with zero attached hydrogens (tertiary/aromatic N) is 3. The molecule has 5 heteroatoms. The first-order chi connectivity index (χ1) is 11.3. The number of aryl methyl sites for hydroxylation is 1. The van der Waals surface area contributed by atoms with E-state index < -0.39 is 0 Å². The Hall–Kier alpha value is -2.95. The van der Waals surface area contributed by atoms with Crippen LogP contribution in [0.3, 0.4) is 0 Å². The maximum Gasteiger partial charge on any atom is 0.224 e. The summed E-state index contributed by atoms with van der Waals surface area (Å²) in [4.78, 5) is 13.0. The van der Waals surface area contributed by atoms with E-state index in [1.54, 1.807) is 6.20 Å². The van der Waals surface area contributed by atoms with Gasteiger partial charge in [-0.3, -0.25) is 4.98 Å². The second kappa shape index (κ2) is 7.35. The highest BCUT2D eigenvalue weighted by Gasteiger charge is 2.04. The number of nitrogens with one attached hydrogen (secondary N) is 2. The minimum atomic E-state index is 0.606. The summed E-state index contributed by atoms with van der Waals surface area (Å²) in [5.74, 6) is 1.45. The van der Waals surface area contributed by atoms with Crippen LogP contribution in [0, 0.1) is 6.92 Å². The van der Waals surface area contributed by atoms with Crippen molar-refractivity contribution in [3.05, 3.63) is 77.7 Å². The molecule has 0 unspecified atom stereocenters. The maximum absolute atomic E-state index is 4.55. The van der Waals surface area contributed by atoms with Crippen molar-refractivity contribution in [2.75, 3.05) is 10.6 Å². The van der Waals surface area contributed by atoms with Crippen molar-refractivity contribution < 1.29 is 0 Å². The zero-order valence-electron chi connectivity index (χ0n) is 13.0. The van der Waals surface area contributed by atoms with Gasteiger partial charge in [0.15, 0.2) is 0 Å². The highest BCUT2D eigenvalue weighted by molar-refractivity contribution is 5.47. The van der Waals surface area contributed by atoms with E-state index in [2.05, 4.69) is 37.7 Å². The van der Waals surface area contributed by atoms with E-state index in [4.69, 9.17) is 0 Å². The fourth-order valence-electron chi connectivity index (χ4n) is 2.17. The van der Waals surface area contributed by atoms with E-state index in [0.717, 1.165) is 23.5 Å². The number of rotatable bonds is 6. The van der Waals surface area contributed by atoms with Crippen molar-refractivity contribution >= 4 is 11.8 Å². The molecule has 0 atom stereocenters. The lowest BCUT2D eigenvalue weighted by molar-refractivity contribution is 1.01. The smallest absolute Gasteiger partial charge is 0.224 e. The first kappa shape index (κ1) is 15.0. The van der Waals surface area contributed by atoms with Crippen LogP contribution in [0.5, 0.6) is 0 Å². The normalized spacial score (nSPS) is 10.3. The van der Waals surface area contributed by atoms with E-state index in [-0.39, 0.29) is 0 Å². The largest absolute Gasteiger partial charge is 0.366 e. The molecule has 0 radical (unpaired) electrons. The van der Waals surface area contributed by atoms with Gasteiger partial charge < -0.3 is 10.6 Å². The van der Waals surface area contributed by atoms with E-state index in [0.29, 0.717) is 12.5 Å². The molecule has 0 fully saturated rings. The summed E-state index contributed by atoms with van der Waals surface area (Å²) in [6.07, 6.45) is 5.42. The number of hydrogen-bond donors (Lipinski definition) is 2. The van der Waals surface area contributed by atoms with E-state index >= 15 is 0 Å². The van der Waals surface area contributed by atoms with Gasteiger partial charge in [-0.05, 0) is 24.1 Å². The Kier molecular flexibility index (Phi) is 4.79. The molecule has 2 N–H and O–H groups in total. The van der Waals surface area contributed by atoms with E-state index in [1.165, 1.54) is 5.56 Å². The molecule has 2 heterocycles. The fraction of sp³-hybridized carbons (Fsp3) is 0.167. The lowest BCUT2D eigenvalue weighted by Gasteiger charge is -2.11. The summed E-state index contributed by atoms with van der Waals surface area (Å²) >= 11 is 0. The monoisotopic (exact) mass is 305 g/mol. The van der Waals surface area contributed by atoms with Crippen molar-refractivity contribution in [2.45, 2.75) is 20.0 Å². The molecule has 23 heavy (non-hydrogen) atoms. The molecule has 0 amide bonds. The van der Waals surface area contributed by atoms with Crippen molar-refractivity contribution in [1.82, 2.24) is 15.0 Å². The van der Waals surface area contributed by atoms with Gasteiger partial charge in [0.25, 0.3) is 0 Å². The van der Waals surface area contributed by atoms with Crippen LogP contribution in [-0.2, 0) is 13.1 Å². The highest BCUT2D eigenvalue weighted by Crippen LogP contribution is 2.14. The molecule has 116 valence electrons. The van der Waals surface area contributed by atoms with Crippen molar-refractivity contribution in [3.8, 4) is 0 Å². The molecule has 2 aromatic heterocycles. The number of aromatic nitrogens is 3. The van der Waals surface area contributed by atoms with Crippen LogP contribution in [0.2, 0.25) is 0 Å². The van der Waals surface area contributed by atoms with Crippen LogP contribution in [-0.4, -0.2) is 15.0 Å². The van der Waals surface area contributed by atoms with Crippen LogP contribution in [0.25, 0.3) is 0 Å². The first-order valence-electron chi connectivity index (χ1n) is 7.55. The lowest BCUT2D eigenvalue weighted by atomic mass is 10.2. The van der Waals surface area contributed by atoms with Gasteiger partial charge in [-0.2, -0.15) is 4.98 Å². The molecular formula is C18H19N5. The molecule has 1 aromatic carbocycles. The van der Waals surface area contributed by atoms with Gasteiger partial charge in [-0.1, -0.05) is 36.4 Å². The van der Waals surface area contributed by atoms with Gasteiger partial charge in [-0.15, -0.1) is 0 Å². The Morgan fingerprint density at radius 1 is 0.870 bits per heavy atom. The summed E-state index contributed by atoms with van der Waals surface area (Å²) in [7, 11) is 0. The summed E-state index contributed by atoms with van der Waals surface area (Å²) in [5.41, 5.74) is 3.33. The van der Waals surface area contributed by atoms with Crippen molar-refractivity contribution in [3.63, 3.8) is 0 Å². The Balaban J connectivity index is 1.64. The minimum Gasteiger partial charge on any atom is -0.366 e. The quantitative estimate of drug-likeness (QED) is 0.731. The van der Waals surface area contributed by atoms with Crippen LogP contribution in [0.4, 0.5) is 11.8 Å². The second-order valence-electron chi connectivity index (χ2n) is 5.28. The average Bonchev–Trinajstić information content (AvgIpc) is 2.62. The standard InChI is InChI=1S/C18H19N5/c1-14-10-21-18(22-13-16-8-5-9-19-11-16)23-17(14)20-12-15-6-3-2-4-7-15/h2-11H,12-13H2,1H3,(H2,20,21,22,23). The Bertz CT molecular complexity index is 744. The number of anilines is 2. The SMILES string of the molecule is Cc1cnc(NCc2cccnc2)nc1NCc1ccccc1. The molecule has 3 rings (SSSR count). The van der Waals surface area contributed by atoms with E-state index in [9.17, 15) is 0 Å². The summed E-state index contributed by atoms with van der Waals surface area (Å²) in [5, 5.41) is 6.59. The van der Waals surface area contributed by atoms with Crippen molar-refractivity contribution in [2.24, 2.45) is 0 Å². The highest BCUT2D eigenvalue weighted by atomic mass is 15.1. The van der Waals surface area contributed by atoms with Crippen LogP contribution in [0.1, 0.15) is 16.7 Å². The number of hydrogen-bond acceptors (Lipinski definition) is 5. The Morgan fingerprint density at radius 3 is 2.43 bits per heavy atom. The molecule has 0 bridgehead atoms. The van der Waals surface area contributed by atoms with Crippen LogP contribution >= 0.6 is 0 Å². The average molecular weight is 305 g/mol. The molecule has 0 aliphatic rings. The number of pyridine rings is 1. The molecule has 0 spiro atoms. The number of benzene rings is 1. The Labute approximate surface area is 135 Å². The van der Waals surface area contributed by atoms with Gasteiger partial charge in [0.1, 0.15) is 5.82 Å². The molecule has 0 aliphatic heterocycles. The molecule has 0 saturated heterocycles. The van der Waals surface area contributed by atoms with Gasteiger partial charge in [0, 0.05) is 37.2 Å². The zero-order valence-corrected chi connectivity index (χ0v) is 13.0. The third-order valence-electron chi connectivity index (χ3n) is 3.45. The first-order valence-corrected chi connectivity index (χ1v) is 7.55. The van der Waals surface area contributed by atoms with Gasteiger partial charge in [-0.25, -0.2) is 4.98 Å². The van der Waals surface area contributed by atoms with Crippen LogP contribution in [0.15, 0.2) is 61.1 Å². The van der Waals surface area contributed by atoms with Gasteiger partial charge >= 0.3 is 0 Å². The summed E-state index contributed by atoms with van der Waals surface area (Å²) < 4.78 is 0. The predicted molar refractivity (Wildman–Crippen MR) is 92.1 cm³/mol. The minimum absolute atomic E-state index is 0.606.